The van der Waals surface area contributed by atoms with Crippen LogP contribution in [0.25, 0.3) is 15.9 Å². The number of hydrogen-bond donors (Lipinski definition) is 2. The zero-order valence-corrected chi connectivity index (χ0v) is 17.5. The molecule has 3 heterocycles. The van der Waals surface area contributed by atoms with E-state index in [0.29, 0.717) is 27.4 Å². The molecule has 0 unspecified atom stereocenters. The predicted molar refractivity (Wildman–Crippen MR) is 119 cm³/mol. The van der Waals surface area contributed by atoms with E-state index < -0.39 is 0 Å². The molecule has 0 bridgehead atoms. The Morgan fingerprint density at radius 2 is 1.90 bits per heavy atom. The van der Waals surface area contributed by atoms with Gasteiger partial charge >= 0.3 is 0 Å². The summed E-state index contributed by atoms with van der Waals surface area (Å²) in [5, 5.41) is 19.7. The van der Waals surface area contributed by atoms with Gasteiger partial charge in [0.05, 0.1) is 16.0 Å². The van der Waals surface area contributed by atoms with Crippen molar-refractivity contribution >= 4 is 61.6 Å². The van der Waals surface area contributed by atoms with Crippen LogP contribution in [0.4, 0.5) is 21.2 Å². The molecule has 0 fully saturated rings. The van der Waals surface area contributed by atoms with Gasteiger partial charge in [-0.05, 0) is 48.5 Å². The number of carbonyl (C=O) groups excluding carboxylic acids is 1. The molecule has 0 saturated carbocycles. The highest BCUT2D eigenvalue weighted by Crippen LogP contribution is 2.26. The first-order valence-corrected chi connectivity index (χ1v) is 11.0. The Hall–Kier alpha value is -3.57. The number of nitrogens with zero attached hydrogens (tertiary/aromatic N) is 5. The van der Waals surface area contributed by atoms with Crippen LogP contribution in [-0.2, 0) is 4.79 Å². The summed E-state index contributed by atoms with van der Waals surface area (Å²) in [6, 6.07) is 17.2. The lowest BCUT2D eigenvalue weighted by atomic mass is 10.3. The van der Waals surface area contributed by atoms with Crippen LogP contribution in [0.1, 0.15) is 0 Å². The number of hydrogen-bond acceptors (Lipinski definition) is 8. The van der Waals surface area contributed by atoms with E-state index in [1.165, 1.54) is 39.7 Å². The SMILES string of the molecule is O=C(CSc1ccc2nnc(Nc3ccc(F)cc3)n2n1)Nc1nc2ccccc2s1. The van der Waals surface area contributed by atoms with Crippen LogP contribution in [-0.4, -0.2) is 36.5 Å². The van der Waals surface area contributed by atoms with E-state index in [-0.39, 0.29) is 17.5 Å². The smallest absolute Gasteiger partial charge is 0.250 e. The standard InChI is InChI=1S/C20H14FN7OS2/c21-12-5-7-13(8-6-12)22-19-26-25-16-9-10-18(27-28(16)19)30-11-17(29)24-20-23-14-3-1-2-4-15(14)31-20/h1-10H,11H2,(H,22,26)(H,23,24,29). The molecule has 5 rings (SSSR count). The molecule has 0 radical (unpaired) electrons. The number of carbonyl (C=O) groups is 1. The van der Waals surface area contributed by atoms with E-state index in [9.17, 15) is 9.18 Å². The van der Waals surface area contributed by atoms with Crippen molar-refractivity contribution in [1.29, 1.82) is 0 Å². The largest absolute Gasteiger partial charge is 0.323 e. The normalized spacial score (nSPS) is 11.1. The number of thioether (sulfide) groups is 1. The molecule has 5 aromatic rings. The number of para-hydroxylation sites is 1. The number of nitrogens with one attached hydrogen (secondary N) is 2. The van der Waals surface area contributed by atoms with Crippen LogP contribution in [0.5, 0.6) is 0 Å². The third-order valence-corrected chi connectivity index (χ3v) is 6.10. The lowest BCUT2D eigenvalue weighted by Gasteiger charge is -2.05. The molecular formula is C20H14FN7OS2. The minimum absolute atomic E-state index is 0.167. The zero-order chi connectivity index (χ0) is 21.2. The van der Waals surface area contributed by atoms with Crippen LogP contribution in [0, 0.1) is 5.82 Å². The van der Waals surface area contributed by atoms with Gasteiger partial charge in [0.1, 0.15) is 10.8 Å². The Kier molecular flexibility index (Phi) is 5.18. The maximum Gasteiger partial charge on any atom is 0.250 e. The summed E-state index contributed by atoms with van der Waals surface area (Å²) < 4.78 is 15.7. The van der Waals surface area contributed by atoms with Crippen LogP contribution < -0.4 is 10.6 Å². The number of amides is 1. The fraction of sp³-hybridized carbons (Fsp3) is 0.0500. The van der Waals surface area contributed by atoms with Gasteiger partial charge in [-0.25, -0.2) is 9.37 Å². The summed E-state index contributed by atoms with van der Waals surface area (Å²) in [5.74, 6) is 0.0806. The lowest BCUT2D eigenvalue weighted by Crippen LogP contribution is -2.14. The van der Waals surface area contributed by atoms with Gasteiger partial charge in [-0.2, -0.15) is 9.61 Å². The fourth-order valence-electron chi connectivity index (χ4n) is 2.81. The molecule has 0 spiro atoms. The summed E-state index contributed by atoms with van der Waals surface area (Å²) in [6.07, 6.45) is 0. The lowest BCUT2D eigenvalue weighted by molar-refractivity contribution is -0.113. The minimum Gasteiger partial charge on any atom is -0.323 e. The van der Waals surface area contributed by atoms with Crippen molar-refractivity contribution in [2.75, 3.05) is 16.4 Å². The molecule has 8 nitrogen and oxygen atoms in total. The Balaban J connectivity index is 1.26. The highest BCUT2D eigenvalue weighted by Gasteiger charge is 2.11. The second-order valence-corrected chi connectivity index (χ2v) is 8.45. The number of aromatic nitrogens is 5. The number of fused-ring (bicyclic) bond motifs is 2. The molecule has 0 aliphatic heterocycles. The van der Waals surface area contributed by atoms with E-state index in [1.807, 2.05) is 24.3 Å². The Bertz CT molecular complexity index is 1350. The maximum atomic E-state index is 13.1. The van der Waals surface area contributed by atoms with Gasteiger partial charge in [0, 0.05) is 5.69 Å². The molecule has 0 atom stereocenters. The Morgan fingerprint density at radius 3 is 2.74 bits per heavy atom. The van der Waals surface area contributed by atoms with Gasteiger partial charge in [0.2, 0.25) is 11.9 Å². The van der Waals surface area contributed by atoms with Crippen LogP contribution >= 0.6 is 23.1 Å². The number of thiazole rings is 1. The first kappa shape index (κ1) is 19.4. The third-order valence-electron chi connectivity index (χ3n) is 4.23. The van der Waals surface area contributed by atoms with Crippen LogP contribution in [0.15, 0.2) is 65.7 Å². The first-order valence-electron chi connectivity index (χ1n) is 9.17. The minimum atomic E-state index is -0.322. The van der Waals surface area contributed by atoms with Gasteiger partial charge < -0.3 is 10.6 Å². The van der Waals surface area contributed by atoms with Gasteiger partial charge in [-0.3, -0.25) is 4.79 Å². The summed E-state index contributed by atoms with van der Waals surface area (Å²) in [6.45, 7) is 0. The Morgan fingerprint density at radius 1 is 1.06 bits per heavy atom. The summed E-state index contributed by atoms with van der Waals surface area (Å²) in [7, 11) is 0. The quantitative estimate of drug-likeness (QED) is 0.371. The second-order valence-electron chi connectivity index (χ2n) is 6.42. The van der Waals surface area contributed by atoms with E-state index in [4.69, 9.17) is 0 Å². The topological polar surface area (TPSA) is 97.1 Å². The van der Waals surface area contributed by atoms with Crippen molar-refractivity contribution in [2.24, 2.45) is 0 Å². The summed E-state index contributed by atoms with van der Waals surface area (Å²) in [4.78, 5) is 16.8. The molecule has 0 aliphatic rings. The molecular weight excluding hydrogens is 437 g/mol. The molecule has 3 aromatic heterocycles. The van der Waals surface area contributed by atoms with Crippen molar-refractivity contribution in [3.63, 3.8) is 0 Å². The van der Waals surface area contributed by atoms with E-state index in [1.54, 1.807) is 24.3 Å². The Labute approximate surface area is 183 Å². The van der Waals surface area contributed by atoms with E-state index >= 15 is 0 Å². The van der Waals surface area contributed by atoms with Crippen LogP contribution in [0.2, 0.25) is 0 Å². The van der Waals surface area contributed by atoms with Gasteiger partial charge in [0.15, 0.2) is 10.8 Å². The molecule has 0 saturated heterocycles. The molecule has 2 N–H and O–H groups in total. The fourth-order valence-corrected chi connectivity index (χ4v) is 4.35. The van der Waals surface area contributed by atoms with Crippen molar-refractivity contribution in [3.8, 4) is 0 Å². The van der Waals surface area contributed by atoms with Gasteiger partial charge in [-0.15, -0.1) is 10.2 Å². The third kappa shape index (κ3) is 4.32. The van der Waals surface area contributed by atoms with E-state index in [2.05, 4.69) is 30.9 Å². The molecule has 2 aromatic carbocycles. The molecule has 1 amide bonds. The number of anilines is 3. The monoisotopic (exact) mass is 451 g/mol. The van der Waals surface area contributed by atoms with Crippen molar-refractivity contribution in [1.82, 2.24) is 24.8 Å². The molecule has 154 valence electrons. The molecule has 0 aliphatic carbocycles. The number of benzene rings is 2. The van der Waals surface area contributed by atoms with Crippen molar-refractivity contribution < 1.29 is 9.18 Å². The number of halogens is 1. The van der Waals surface area contributed by atoms with Crippen molar-refractivity contribution in [2.45, 2.75) is 5.03 Å². The van der Waals surface area contributed by atoms with Crippen LogP contribution in [0.3, 0.4) is 0 Å². The number of rotatable bonds is 6. The summed E-state index contributed by atoms with van der Waals surface area (Å²) in [5.41, 5.74) is 2.06. The maximum absolute atomic E-state index is 13.1. The van der Waals surface area contributed by atoms with Gasteiger partial charge in [-0.1, -0.05) is 35.2 Å². The highest BCUT2D eigenvalue weighted by atomic mass is 32.2. The zero-order valence-electron chi connectivity index (χ0n) is 15.8. The van der Waals surface area contributed by atoms with Crippen molar-refractivity contribution in [3.05, 3.63) is 66.5 Å². The van der Waals surface area contributed by atoms with Gasteiger partial charge in [0.25, 0.3) is 0 Å². The average Bonchev–Trinajstić information content (AvgIpc) is 3.37. The highest BCUT2D eigenvalue weighted by molar-refractivity contribution is 7.99. The second kappa shape index (κ2) is 8.28. The first-order chi connectivity index (χ1) is 15.1. The molecule has 11 heteroatoms. The molecule has 31 heavy (non-hydrogen) atoms. The van der Waals surface area contributed by atoms with E-state index in [0.717, 1.165) is 10.2 Å². The predicted octanol–water partition coefficient (Wildman–Crippen LogP) is 4.35. The average molecular weight is 452 g/mol. The summed E-state index contributed by atoms with van der Waals surface area (Å²) >= 11 is 2.72.